The predicted octanol–water partition coefficient (Wildman–Crippen LogP) is 3.83. The molecule has 0 aromatic heterocycles. The highest BCUT2D eigenvalue weighted by Gasteiger charge is 2.33. The molecule has 1 aromatic carbocycles. The molecular formula is C17H17ClF3NO3. The van der Waals surface area contributed by atoms with E-state index in [0.29, 0.717) is 5.92 Å². The summed E-state index contributed by atoms with van der Waals surface area (Å²) in [6.07, 6.45) is -0.312. The number of carbonyl (C=O) groups is 2. The summed E-state index contributed by atoms with van der Waals surface area (Å²) in [6, 6.07) is 3.31. The second-order valence-electron chi connectivity index (χ2n) is 5.87. The van der Waals surface area contributed by atoms with Gasteiger partial charge in [0.1, 0.15) is 0 Å². The molecule has 2 rings (SSSR count). The van der Waals surface area contributed by atoms with Gasteiger partial charge >= 0.3 is 12.1 Å². The minimum absolute atomic E-state index is 0.0385. The van der Waals surface area contributed by atoms with Crippen molar-refractivity contribution < 1.29 is 27.5 Å². The summed E-state index contributed by atoms with van der Waals surface area (Å²) in [5, 5.41) is 2.30. The van der Waals surface area contributed by atoms with Crippen LogP contribution in [0.25, 0.3) is 6.08 Å². The molecule has 1 aliphatic carbocycles. The zero-order valence-corrected chi connectivity index (χ0v) is 14.2. The first-order valence-corrected chi connectivity index (χ1v) is 8.05. The Balaban J connectivity index is 1.86. The van der Waals surface area contributed by atoms with Gasteiger partial charge in [0.25, 0.3) is 5.91 Å². The van der Waals surface area contributed by atoms with Crippen molar-refractivity contribution in [3.05, 3.63) is 40.4 Å². The van der Waals surface area contributed by atoms with Gasteiger partial charge in [-0.25, -0.2) is 4.79 Å². The standard InChI is InChI=1S/C17H17ClF3NO3/c1-10(12-4-5-12)22-15(23)9-25-16(24)7-3-11-2-6-14(18)13(8-11)17(19,20)21/h2-3,6-8,10,12H,4-5,9H2,1H3,(H,22,23)/b7-3+/t10-/m1/s1. The van der Waals surface area contributed by atoms with Crippen LogP contribution in [0.5, 0.6) is 0 Å². The van der Waals surface area contributed by atoms with E-state index in [4.69, 9.17) is 16.3 Å². The fraction of sp³-hybridized carbons (Fsp3) is 0.412. The molecule has 1 N–H and O–H groups in total. The Morgan fingerprint density at radius 3 is 2.68 bits per heavy atom. The van der Waals surface area contributed by atoms with Crippen LogP contribution in [0, 0.1) is 5.92 Å². The van der Waals surface area contributed by atoms with Gasteiger partial charge in [0, 0.05) is 12.1 Å². The van der Waals surface area contributed by atoms with Crippen molar-refractivity contribution in [1.82, 2.24) is 5.32 Å². The van der Waals surface area contributed by atoms with Crippen LogP contribution in [0.3, 0.4) is 0 Å². The van der Waals surface area contributed by atoms with Crippen LogP contribution < -0.4 is 5.32 Å². The zero-order chi connectivity index (χ0) is 18.6. The van der Waals surface area contributed by atoms with E-state index in [1.807, 2.05) is 6.92 Å². The molecule has 0 heterocycles. The van der Waals surface area contributed by atoms with Crippen molar-refractivity contribution >= 4 is 29.6 Å². The molecule has 1 saturated carbocycles. The number of benzene rings is 1. The summed E-state index contributed by atoms with van der Waals surface area (Å²) in [5.41, 5.74) is -0.849. The largest absolute Gasteiger partial charge is 0.452 e. The lowest BCUT2D eigenvalue weighted by atomic mass is 10.1. The second kappa shape index (κ2) is 7.91. The average Bonchev–Trinajstić information content (AvgIpc) is 3.35. The molecule has 1 amide bonds. The van der Waals surface area contributed by atoms with Crippen LogP contribution in [0.4, 0.5) is 13.2 Å². The maximum absolute atomic E-state index is 12.8. The number of hydrogen-bond donors (Lipinski definition) is 1. The fourth-order valence-corrected chi connectivity index (χ4v) is 2.45. The molecule has 8 heteroatoms. The number of rotatable bonds is 6. The molecule has 0 aliphatic heterocycles. The summed E-state index contributed by atoms with van der Waals surface area (Å²) in [7, 11) is 0. The lowest BCUT2D eigenvalue weighted by molar-refractivity contribution is -0.144. The molecule has 1 aromatic rings. The number of ether oxygens (including phenoxy) is 1. The van der Waals surface area contributed by atoms with Crippen LogP contribution in [0.1, 0.15) is 30.9 Å². The Kier molecular flexibility index (Phi) is 6.11. The highest BCUT2D eigenvalue weighted by Crippen LogP contribution is 2.35. The first-order valence-electron chi connectivity index (χ1n) is 7.68. The van der Waals surface area contributed by atoms with Gasteiger partial charge in [-0.15, -0.1) is 0 Å². The van der Waals surface area contributed by atoms with Gasteiger partial charge in [0.15, 0.2) is 6.61 Å². The van der Waals surface area contributed by atoms with Gasteiger partial charge in [-0.1, -0.05) is 17.7 Å². The van der Waals surface area contributed by atoms with Crippen molar-refractivity contribution in [2.75, 3.05) is 6.61 Å². The lowest BCUT2D eigenvalue weighted by Gasteiger charge is -2.12. The third-order valence-corrected chi connectivity index (χ3v) is 4.10. The number of esters is 1. The number of hydrogen-bond acceptors (Lipinski definition) is 3. The third-order valence-electron chi connectivity index (χ3n) is 3.77. The van der Waals surface area contributed by atoms with Crippen molar-refractivity contribution in [2.45, 2.75) is 32.0 Å². The zero-order valence-electron chi connectivity index (χ0n) is 13.4. The van der Waals surface area contributed by atoms with Crippen molar-refractivity contribution in [3.8, 4) is 0 Å². The van der Waals surface area contributed by atoms with Crippen LogP contribution >= 0.6 is 11.6 Å². The topological polar surface area (TPSA) is 55.4 Å². The molecule has 1 fully saturated rings. The van der Waals surface area contributed by atoms with E-state index in [-0.39, 0.29) is 11.6 Å². The van der Waals surface area contributed by atoms with E-state index in [1.165, 1.54) is 12.1 Å². The quantitative estimate of drug-likeness (QED) is 0.607. The maximum atomic E-state index is 12.8. The molecule has 0 unspecified atom stereocenters. The first-order chi connectivity index (χ1) is 11.7. The summed E-state index contributed by atoms with van der Waals surface area (Å²) in [5.74, 6) is -0.753. The number of nitrogens with one attached hydrogen (secondary N) is 1. The minimum Gasteiger partial charge on any atom is -0.452 e. The number of carbonyl (C=O) groups excluding carboxylic acids is 2. The van der Waals surface area contributed by atoms with Crippen LogP contribution in [0.2, 0.25) is 5.02 Å². The summed E-state index contributed by atoms with van der Waals surface area (Å²) < 4.78 is 43.0. The lowest BCUT2D eigenvalue weighted by Crippen LogP contribution is -2.36. The highest BCUT2D eigenvalue weighted by atomic mass is 35.5. The Morgan fingerprint density at radius 2 is 2.08 bits per heavy atom. The van der Waals surface area contributed by atoms with Gasteiger partial charge < -0.3 is 10.1 Å². The minimum atomic E-state index is -4.59. The molecule has 25 heavy (non-hydrogen) atoms. The average molecular weight is 376 g/mol. The van der Waals surface area contributed by atoms with Crippen molar-refractivity contribution in [3.63, 3.8) is 0 Å². The fourth-order valence-electron chi connectivity index (χ4n) is 2.22. The highest BCUT2D eigenvalue weighted by molar-refractivity contribution is 6.31. The van der Waals surface area contributed by atoms with Crippen LogP contribution in [-0.2, 0) is 20.5 Å². The van der Waals surface area contributed by atoms with Gasteiger partial charge in [0.05, 0.1) is 10.6 Å². The van der Waals surface area contributed by atoms with E-state index >= 15 is 0 Å². The van der Waals surface area contributed by atoms with Gasteiger partial charge in [-0.05, 0) is 49.5 Å². The SMILES string of the molecule is C[C@@H](NC(=O)COC(=O)/C=C/c1ccc(Cl)c(C(F)(F)F)c1)C1CC1. The Hall–Kier alpha value is -2.02. The van der Waals surface area contributed by atoms with E-state index in [2.05, 4.69) is 5.32 Å². The predicted molar refractivity (Wildman–Crippen MR) is 86.8 cm³/mol. The van der Waals surface area contributed by atoms with Gasteiger partial charge in [-0.2, -0.15) is 13.2 Å². The van der Waals surface area contributed by atoms with E-state index in [9.17, 15) is 22.8 Å². The smallest absolute Gasteiger partial charge is 0.417 e. The first kappa shape index (κ1) is 19.3. The molecule has 0 bridgehead atoms. The van der Waals surface area contributed by atoms with Crippen LogP contribution in [0.15, 0.2) is 24.3 Å². The van der Waals surface area contributed by atoms with E-state index in [0.717, 1.165) is 31.1 Å². The van der Waals surface area contributed by atoms with Gasteiger partial charge in [0.2, 0.25) is 0 Å². The molecule has 1 atom stereocenters. The molecule has 0 radical (unpaired) electrons. The Bertz CT molecular complexity index is 684. The number of halogens is 4. The number of amides is 1. The summed E-state index contributed by atoms with van der Waals surface area (Å²) >= 11 is 5.52. The molecule has 0 saturated heterocycles. The normalized spacial score (nSPS) is 15.9. The molecule has 0 spiro atoms. The van der Waals surface area contributed by atoms with Crippen molar-refractivity contribution in [1.29, 1.82) is 0 Å². The van der Waals surface area contributed by atoms with Gasteiger partial charge in [-0.3, -0.25) is 4.79 Å². The van der Waals surface area contributed by atoms with Crippen molar-refractivity contribution in [2.24, 2.45) is 5.92 Å². The van der Waals surface area contributed by atoms with Crippen LogP contribution in [-0.4, -0.2) is 24.5 Å². The van der Waals surface area contributed by atoms with E-state index in [1.54, 1.807) is 0 Å². The molecule has 1 aliphatic rings. The second-order valence-corrected chi connectivity index (χ2v) is 6.28. The molecule has 136 valence electrons. The Morgan fingerprint density at radius 1 is 1.40 bits per heavy atom. The summed E-state index contributed by atoms with van der Waals surface area (Å²) in [4.78, 5) is 23.2. The summed E-state index contributed by atoms with van der Waals surface area (Å²) in [6.45, 7) is 1.45. The van der Waals surface area contributed by atoms with E-state index < -0.39 is 35.2 Å². The number of alkyl halides is 3. The third kappa shape index (κ3) is 6.08. The molecular weight excluding hydrogens is 359 g/mol. The molecule has 4 nitrogen and oxygen atoms in total. The maximum Gasteiger partial charge on any atom is 0.417 e. The monoisotopic (exact) mass is 375 g/mol. The Labute approximate surface area is 148 Å².